The number of benzene rings is 1. The number of amides is 1. The van der Waals surface area contributed by atoms with Gasteiger partial charge in [0.1, 0.15) is 18.7 Å². The van der Waals surface area contributed by atoms with Crippen LogP contribution in [0.2, 0.25) is 0 Å². The first-order valence-corrected chi connectivity index (χ1v) is 9.39. The summed E-state index contributed by atoms with van der Waals surface area (Å²) in [6.45, 7) is 2.65. The number of fused-ring (bicyclic) bond motifs is 1. The van der Waals surface area contributed by atoms with Crippen molar-refractivity contribution in [1.82, 2.24) is 34.6 Å². The van der Waals surface area contributed by atoms with Gasteiger partial charge in [-0.3, -0.25) is 14.2 Å². The number of para-hydroxylation sites is 1. The molecule has 4 aromatic rings. The minimum atomic E-state index is -0.272. The second-order valence-electron chi connectivity index (χ2n) is 6.63. The number of rotatable bonds is 7. The predicted molar refractivity (Wildman–Crippen MR) is 111 cm³/mol. The fourth-order valence-corrected chi connectivity index (χ4v) is 2.93. The largest absolute Gasteiger partial charge is 0.368 e. The van der Waals surface area contributed by atoms with Crippen LogP contribution in [0.3, 0.4) is 0 Å². The second kappa shape index (κ2) is 8.52. The van der Waals surface area contributed by atoms with Crippen LogP contribution in [0, 0.1) is 6.92 Å². The number of anilines is 1. The Hall–Kier alpha value is -4.08. The second-order valence-corrected chi connectivity index (χ2v) is 6.63. The van der Waals surface area contributed by atoms with Crippen molar-refractivity contribution in [3.8, 4) is 5.82 Å². The zero-order valence-corrected chi connectivity index (χ0v) is 16.3. The summed E-state index contributed by atoms with van der Waals surface area (Å²) < 4.78 is 2.97. The average molecular weight is 404 g/mol. The lowest BCUT2D eigenvalue weighted by Crippen LogP contribution is -2.35. The van der Waals surface area contributed by atoms with Gasteiger partial charge in [-0.15, -0.1) is 0 Å². The summed E-state index contributed by atoms with van der Waals surface area (Å²) in [6, 6.07) is 10.7. The van der Waals surface area contributed by atoms with Gasteiger partial charge in [-0.2, -0.15) is 5.10 Å². The van der Waals surface area contributed by atoms with Gasteiger partial charge in [-0.25, -0.2) is 19.6 Å². The van der Waals surface area contributed by atoms with E-state index in [0.717, 1.165) is 5.69 Å². The zero-order valence-electron chi connectivity index (χ0n) is 16.3. The molecular weight excluding hydrogens is 384 g/mol. The van der Waals surface area contributed by atoms with Gasteiger partial charge in [0.25, 0.3) is 5.56 Å². The molecule has 0 spiro atoms. The van der Waals surface area contributed by atoms with Crippen molar-refractivity contribution in [3.63, 3.8) is 0 Å². The van der Waals surface area contributed by atoms with Crippen LogP contribution in [-0.2, 0) is 11.3 Å². The maximum atomic E-state index is 12.4. The lowest BCUT2D eigenvalue weighted by Gasteiger charge is -2.09. The molecule has 0 unspecified atom stereocenters. The summed E-state index contributed by atoms with van der Waals surface area (Å²) in [5.74, 6) is 0.997. The zero-order chi connectivity index (χ0) is 20.9. The molecular formula is C20H20N8O2. The Bertz CT molecular complexity index is 1250. The Morgan fingerprint density at radius 2 is 1.97 bits per heavy atom. The summed E-state index contributed by atoms with van der Waals surface area (Å²) in [7, 11) is 0. The van der Waals surface area contributed by atoms with Gasteiger partial charge in [-0.1, -0.05) is 12.1 Å². The van der Waals surface area contributed by atoms with E-state index >= 15 is 0 Å². The highest BCUT2D eigenvalue weighted by molar-refractivity contribution is 5.78. The van der Waals surface area contributed by atoms with E-state index in [-0.39, 0.29) is 18.0 Å². The molecule has 0 saturated carbocycles. The number of nitrogens with zero attached hydrogens (tertiary/aromatic N) is 6. The number of nitrogens with one attached hydrogen (secondary N) is 2. The Balaban J connectivity index is 1.29. The number of hydrogen-bond acceptors (Lipinski definition) is 7. The van der Waals surface area contributed by atoms with Gasteiger partial charge in [0.05, 0.1) is 22.9 Å². The number of aromatic nitrogens is 6. The molecule has 10 nitrogen and oxygen atoms in total. The molecule has 0 fully saturated rings. The summed E-state index contributed by atoms with van der Waals surface area (Å²) in [5, 5.41) is 10.7. The van der Waals surface area contributed by atoms with Gasteiger partial charge in [-0.05, 0) is 25.1 Å². The molecule has 30 heavy (non-hydrogen) atoms. The smallest absolute Gasteiger partial charge is 0.261 e. The monoisotopic (exact) mass is 404 g/mol. The Kier molecular flexibility index (Phi) is 5.46. The summed E-state index contributed by atoms with van der Waals surface area (Å²) in [5.41, 5.74) is 1.26. The number of carbonyl (C=O) groups is 1. The van der Waals surface area contributed by atoms with Crippen LogP contribution < -0.4 is 16.2 Å². The van der Waals surface area contributed by atoms with Crippen molar-refractivity contribution in [2.24, 2.45) is 0 Å². The number of hydrogen-bond donors (Lipinski definition) is 2. The highest BCUT2D eigenvalue weighted by Gasteiger charge is 2.08. The lowest BCUT2D eigenvalue weighted by molar-refractivity contribution is -0.121. The van der Waals surface area contributed by atoms with E-state index in [1.54, 1.807) is 28.9 Å². The SMILES string of the molecule is Cc1ccn(-c2cc(NCCNC(=O)Cn3cnc4ccccc4c3=O)ncn2)n1. The standard InChI is InChI=1S/C20H20N8O2/c1-14-6-9-28(26-14)18-10-17(23-12-24-18)21-7-8-22-19(29)11-27-13-25-16-5-3-2-4-15(16)20(27)30/h2-6,9-10,12-13H,7-8,11H2,1H3,(H,22,29)(H,21,23,24). The van der Waals surface area contributed by atoms with E-state index < -0.39 is 0 Å². The third-order valence-corrected chi connectivity index (χ3v) is 4.41. The van der Waals surface area contributed by atoms with E-state index in [4.69, 9.17) is 0 Å². The number of aryl methyl sites for hydroxylation is 1. The minimum Gasteiger partial charge on any atom is -0.368 e. The molecule has 152 valence electrons. The maximum absolute atomic E-state index is 12.4. The van der Waals surface area contributed by atoms with Crippen LogP contribution >= 0.6 is 0 Å². The molecule has 0 saturated heterocycles. The van der Waals surface area contributed by atoms with Crippen molar-refractivity contribution in [2.75, 3.05) is 18.4 Å². The normalized spacial score (nSPS) is 10.8. The quantitative estimate of drug-likeness (QED) is 0.439. The Morgan fingerprint density at radius 1 is 1.10 bits per heavy atom. The molecule has 0 atom stereocenters. The van der Waals surface area contributed by atoms with Gasteiger partial charge >= 0.3 is 0 Å². The summed E-state index contributed by atoms with van der Waals surface area (Å²) in [6.07, 6.45) is 4.67. The molecule has 10 heteroatoms. The molecule has 0 bridgehead atoms. The third kappa shape index (κ3) is 4.32. The first-order chi connectivity index (χ1) is 14.6. The first-order valence-electron chi connectivity index (χ1n) is 9.39. The molecule has 0 aliphatic heterocycles. The van der Waals surface area contributed by atoms with Crippen molar-refractivity contribution < 1.29 is 4.79 Å². The molecule has 1 aromatic carbocycles. The van der Waals surface area contributed by atoms with Gasteiger partial charge in [0.2, 0.25) is 5.91 Å². The fraction of sp³-hybridized carbons (Fsp3) is 0.200. The Labute approximate surface area is 171 Å². The van der Waals surface area contributed by atoms with E-state index in [1.807, 2.05) is 25.3 Å². The summed E-state index contributed by atoms with van der Waals surface area (Å²) in [4.78, 5) is 37.2. The van der Waals surface area contributed by atoms with E-state index in [2.05, 4.69) is 30.7 Å². The van der Waals surface area contributed by atoms with E-state index in [0.29, 0.717) is 35.6 Å². The lowest BCUT2D eigenvalue weighted by atomic mass is 10.2. The van der Waals surface area contributed by atoms with Crippen molar-refractivity contribution in [3.05, 3.63) is 71.3 Å². The molecule has 4 rings (SSSR count). The van der Waals surface area contributed by atoms with Crippen LogP contribution in [0.1, 0.15) is 5.69 Å². The molecule has 3 aromatic heterocycles. The van der Waals surface area contributed by atoms with Crippen molar-refractivity contribution in [1.29, 1.82) is 0 Å². The minimum absolute atomic E-state index is 0.0903. The molecule has 2 N–H and O–H groups in total. The highest BCUT2D eigenvalue weighted by Crippen LogP contribution is 2.08. The van der Waals surface area contributed by atoms with Crippen LogP contribution in [0.5, 0.6) is 0 Å². The van der Waals surface area contributed by atoms with E-state index in [9.17, 15) is 9.59 Å². The van der Waals surface area contributed by atoms with Gasteiger partial charge in [0.15, 0.2) is 5.82 Å². The maximum Gasteiger partial charge on any atom is 0.261 e. The van der Waals surface area contributed by atoms with Crippen LogP contribution in [0.25, 0.3) is 16.7 Å². The van der Waals surface area contributed by atoms with Crippen molar-refractivity contribution in [2.45, 2.75) is 13.5 Å². The average Bonchev–Trinajstić information content (AvgIpc) is 3.20. The Morgan fingerprint density at radius 3 is 2.80 bits per heavy atom. The first kappa shape index (κ1) is 19.2. The van der Waals surface area contributed by atoms with Crippen LogP contribution in [0.15, 0.2) is 60.0 Å². The van der Waals surface area contributed by atoms with Gasteiger partial charge in [0, 0.05) is 25.4 Å². The van der Waals surface area contributed by atoms with Crippen LogP contribution in [0.4, 0.5) is 5.82 Å². The number of carbonyl (C=O) groups excluding carboxylic acids is 1. The predicted octanol–water partition coefficient (Wildman–Crippen LogP) is 0.909. The van der Waals surface area contributed by atoms with Crippen LogP contribution in [-0.4, -0.2) is 48.3 Å². The molecule has 0 aliphatic carbocycles. The molecule has 3 heterocycles. The van der Waals surface area contributed by atoms with Crippen molar-refractivity contribution >= 4 is 22.6 Å². The van der Waals surface area contributed by atoms with Gasteiger partial charge < -0.3 is 10.6 Å². The topological polar surface area (TPSA) is 120 Å². The highest BCUT2D eigenvalue weighted by atomic mass is 16.2. The molecule has 1 amide bonds. The fourth-order valence-electron chi connectivity index (χ4n) is 2.93. The third-order valence-electron chi connectivity index (χ3n) is 4.41. The van der Waals surface area contributed by atoms with E-state index in [1.165, 1.54) is 17.2 Å². The summed E-state index contributed by atoms with van der Waals surface area (Å²) >= 11 is 0. The molecule has 0 radical (unpaired) electrons. The molecule has 0 aliphatic rings.